The van der Waals surface area contributed by atoms with Crippen molar-refractivity contribution in [3.63, 3.8) is 0 Å². The van der Waals surface area contributed by atoms with E-state index in [9.17, 15) is 4.79 Å². The maximum absolute atomic E-state index is 12.2. The van der Waals surface area contributed by atoms with Crippen LogP contribution >= 0.6 is 0 Å². The summed E-state index contributed by atoms with van der Waals surface area (Å²) < 4.78 is 0. The van der Waals surface area contributed by atoms with Gasteiger partial charge >= 0.3 is 0 Å². The van der Waals surface area contributed by atoms with Crippen LogP contribution in [0.15, 0.2) is 0 Å². The minimum absolute atomic E-state index is 0.0828. The number of rotatable bonds is 6. The lowest BCUT2D eigenvalue weighted by atomic mass is 9.77. The summed E-state index contributed by atoms with van der Waals surface area (Å²) in [5, 5.41) is 6.35. The highest BCUT2D eigenvalue weighted by Crippen LogP contribution is 2.45. The fourth-order valence-corrected chi connectivity index (χ4v) is 3.32. The summed E-state index contributed by atoms with van der Waals surface area (Å²) in [5.41, 5.74) is 0.169. The minimum Gasteiger partial charge on any atom is -0.355 e. The Hall–Kier alpha value is -0.570. The van der Waals surface area contributed by atoms with Crippen LogP contribution in [0.4, 0.5) is 0 Å². The van der Waals surface area contributed by atoms with Crippen molar-refractivity contribution >= 4 is 5.91 Å². The summed E-state index contributed by atoms with van der Waals surface area (Å²) in [5.74, 6) is 1.06. The number of amides is 1. The van der Waals surface area contributed by atoms with Gasteiger partial charge in [0.15, 0.2) is 0 Å². The minimum atomic E-state index is -0.0828. The van der Waals surface area contributed by atoms with E-state index in [1.807, 2.05) is 7.05 Å². The molecule has 2 aliphatic carbocycles. The molecule has 3 heteroatoms. The molecule has 0 radical (unpaired) electrons. The Morgan fingerprint density at radius 1 is 1.28 bits per heavy atom. The molecule has 2 fully saturated rings. The van der Waals surface area contributed by atoms with Crippen molar-refractivity contribution in [2.75, 3.05) is 20.1 Å². The topological polar surface area (TPSA) is 41.1 Å². The largest absolute Gasteiger partial charge is 0.355 e. The van der Waals surface area contributed by atoms with Crippen molar-refractivity contribution in [2.24, 2.45) is 16.7 Å². The molecule has 0 unspecified atom stereocenters. The molecule has 2 rings (SSSR count). The van der Waals surface area contributed by atoms with E-state index in [1.165, 1.54) is 25.7 Å². The SMILES string of the molecule is CNCC1(C(=O)NCC(C)(C)C2CCCC2)CC1. The molecule has 0 saturated heterocycles. The van der Waals surface area contributed by atoms with Crippen LogP contribution in [0.5, 0.6) is 0 Å². The number of carbonyl (C=O) groups is 1. The quantitative estimate of drug-likeness (QED) is 0.761. The van der Waals surface area contributed by atoms with Crippen LogP contribution in [0.3, 0.4) is 0 Å². The van der Waals surface area contributed by atoms with Gasteiger partial charge in [0.1, 0.15) is 0 Å². The number of nitrogens with one attached hydrogen (secondary N) is 2. The molecule has 3 nitrogen and oxygen atoms in total. The van der Waals surface area contributed by atoms with Crippen LogP contribution < -0.4 is 10.6 Å². The van der Waals surface area contributed by atoms with E-state index in [2.05, 4.69) is 24.5 Å². The van der Waals surface area contributed by atoms with E-state index in [0.717, 1.165) is 31.8 Å². The third-order valence-corrected chi connectivity index (χ3v) is 5.02. The molecule has 0 aliphatic heterocycles. The third kappa shape index (κ3) is 2.87. The average molecular weight is 252 g/mol. The second-order valence-corrected chi connectivity index (χ2v) is 6.96. The van der Waals surface area contributed by atoms with Crippen LogP contribution in [-0.2, 0) is 4.79 Å². The van der Waals surface area contributed by atoms with E-state index in [1.54, 1.807) is 0 Å². The van der Waals surface area contributed by atoms with E-state index >= 15 is 0 Å². The van der Waals surface area contributed by atoms with Gasteiger partial charge in [-0.3, -0.25) is 4.79 Å². The first-order valence-corrected chi connectivity index (χ1v) is 7.43. The molecule has 0 aromatic heterocycles. The number of hydrogen-bond donors (Lipinski definition) is 2. The zero-order chi connectivity index (χ0) is 13.2. The second kappa shape index (κ2) is 5.20. The first-order valence-electron chi connectivity index (χ1n) is 7.43. The van der Waals surface area contributed by atoms with Crippen LogP contribution in [-0.4, -0.2) is 26.0 Å². The van der Waals surface area contributed by atoms with Gasteiger partial charge in [0.05, 0.1) is 5.41 Å². The summed E-state index contributed by atoms with van der Waals surface area (Å²) in [4.78, 5) is 12.2. The fourth-order valence-electron chi connectivity index (χ4n) is 3.32. The van der Waals surface area contributed by atoms with E-state index < -0.39 is 0 Å². The maximum Gasteiger partial charge on any atom is 0.227 e. The van der Waals surface area contributed by atoms with Crippen LogP contribution in [0.1, 0.15) is 52.4 Å². The zero-order valence-corrected chi connectivity index (χ0v) is 12.1. The number of carbonyl (C=O) groups excluding carboxylic acids is 1. The summed E-state index contributed by atoms with van der Waals surface area (Å²) in [6.07, 6.45) is 7.50. The molecule has 0 aromatic rings. The summed E-state index contributed by atoms with van der Waals surface area (Å²) in [6.45, 7) is 6.27. The molecule has 2 saturated carbocycles. The monoisotopic (exact) mass is 252 g/mol. The number of hydrogen-bond acceptors (Lipinski definition) is 2. The van der Waals surface area contributed by atoms with Gasteiger partial charge in [0.2, 0.25) is 5.91 Å². The van der Waals surface area contributed by atoms with Gasteiger partial charge in [0.25, 0.3) is 0 Å². The summed E-state index contributed by atoms with van der Waals surface area (Å²) in [6, 6.07) is 0. The van der Waals surface area contributed by atoms with Gasteiger partial charge in [-0.2, -0.15) is 0 Å². The van der Waals surface area contributed by atoms with Crippen LogP contribution in [0.2, 0.25) is 0 Å². The van der Waals surface area contributed by atoms with Crippen molar-refractivity contribution < 1.29 is 4.79 Å². The Labute approximate surface area is 111 Å². The maximum atomic E-state index is 12.2. The molecule has 0 bridgehead atoms. The molecule has 0 atom stereocenters. The first kappa shape index (κ1) is 13.9. The van der Waals surface area contributed by atoms with Gasteiger partial charge in [-0.05, 0) is 44.1 Å². The Morgan fingerprint density at radius 2 is 1.89 bits per heavy atom. The van der Waals surface area contributed by atoms with Gasteiger partial charge in [0, 0.05) is 13.1 Å². The Balaban J connectivity index is 1.81. The smallest absolute Gasteiger partial charge is 0.227 e. The van der Waals surface area contributed by atoms with E-state index in [-0.39, 0.29) is 16.7 Å². The molecule has 0 aromatic carbocycles. The highest BCUT2D eigenvalue weighted by molar-refractivity contribution is 5.85. The van der Waals surface area contributed by atoms with Crippen molar-refractivity contribution in [3.05, 3.63) is 0 Å². The molecule has 0 spiro atoms. The molecule has 2 aliphatic rings. The normalized spacial score (nSPS) is 23.1. The predicted octanol–water partition coefficient (Wildman–Crippen LogP) is 2.32. The van der Waals surface area contributed by atoms with Crippen molar-refractivity contribution in [1.29, 1.82) is 0 Å². The lowest BCUT2D eigenvalue weighted by Gasteiger charge is -2.32. The summed E-state index contributed by atoms with van der Waals surface area (Å²) >= 11 is 0. The zero-order valence-electron chi connectivity index (χ0n) is 12.1. The average Bonchev–Trinajstić information content (AvgIpc) is 2.91. The highest BCUT2D eigenvalue weighted by Gasteiger charge is 2.49. The Kier molecular flexibility index (Phi) is 4.00. The Morgan fingerprint density at radius 3 is 2.39 bits per heavy atom. The summed E-state index contributed by atoms with van der Waals surface area (Å²) in [7, 11) is 1.93. The van der Waals surface area contributed by atoms with E-state index in [4.69, 9.17) is 0 Å². The van der Waals surface area contributed by atoms with Gasteiger partial charge < -0.3 is 10.6 Å². The van der Waals surface area contributed by atoms with Gasteiger partial charge in [-0.1, -0.05) is 26.7 Å². The molecular weight excluding hydrogens is 224 g/mol. The van der Waals surface area contributed by atoms with Crippen molar-refractivity contribution in [3.8, 4) is 0 Å². The lowest BCUT2D eigenvalue weighted by Crippen LogP contribution is -2.43. The van der Waals surface area contributed by atoms with E-state index in [0.29, 0.717) is 0 Å². The van der Waals surface area contributed by atoms with Crippen molar-refractivity contribution in [1.82, 2.24) is 10.6 Å². The third-order valence-electron chi connectivity index (χ3n) is 5.02. The van der Waals surface area contributed by atoms with Crippen LogP contribution in [0, 0.1) is 16.7 Å². The fraction of sp³-hybridized carbons (Fsp3) is 0.933. The van der Waals surface area contributed by atoms with Gasteiger partial charge in [-0.15, -0.1) is 0 Å². The Bertz CT molecular complexity index is 302. The van der Waals surface area contributed by atoms with Gasteiger partial charge in [-0.25, -0.2) is 0 Å². The predicted molar refractivity (Wildman–Crippen MR) is 74.3 cm³/mol. The van der Waals surface area contributed by atoms with Crippen LogP contribution in [0.25, 0.3) is 0 Å². The second-order valence-electron chi connectivity index (χ2n) is 6.96. The first-order chi connectivity index (χ1) is 8.50. The molecular formula is C15H28N2O. The molecule has 1 amide bonds. The lowest BCUT2D eigenvalue weighted by molar-refractivity contribution is -0.126. The molecule has 104 valence electrons. The standard InChI is InChI=1S/C15H28N2O/c1-14(2,12-6-4-5-7-12)10-17-13(18)15(8-9-15)11-16-3/h12,16H,4-11H2,1-3H3,(H,17,18). The molecule has 18 heavy (non-hydrogen) atoms. The molecule has 0 heterocycles. The van der Waals surface area contributed by atoms with Crippen molar-refractivity contribution in [2.45, 2.75) is 52.4 Å². The highest BCUT2D eigenvalue weighted by atomic mass is 16.2. The molecule has 2 N–H and O–H groups in total.